The van der Waals surface area contributed by atoms with Crippen LogP contribution in [0.25, 0.3) is 0 Å². The van der Waals surface area contributed by atoms with Crippen molar-refractivity contribution in [2.24, 2.45) is 5.92 Å². The number of rotatable bonds is 6. The molecule has 0 aromatic heterocycles. The standard InChI is InChI=1S/C29H26N2O5/c1-35-21-11-7-18(8-12-21)19-15-25-28(26(32)16-19)24(17-27(33)31-25)29(34)30-20-9-13-23(14-10-20)36-22-5-3-2-4-6-22/h2-14,19,24H,15-17H2,1H3,(H,30,34)(H,31,33). The lowest BCUT2D eigenvalue weighted by atomic mass is 9.75. The molecule has 0 saturated carbocycles. The van der Waals surface area contributed by atoms with Crippen LogP contribution in [0, 0.1) is 5.92 Å². The summed E-state index contributed by atoms with van der Waals surface area (Å²) in [5, 5.41) is 5.71. The number of anilines is 1. The number of methoxy groups -OCH3 is 1. The number of benzene rings is 3. The minimum Gasteiger partial charge on any atom is -0.497 e. The zero-order valence-electron chi connectivity index (χ0n) is 19.8. The molecule has 0 saturated heterocycles. The Morgan fingerprint density at radius 1 is 0.833 bits per heavy atom. The van der Waals surface area contributed by atoms with E-state index in [1.54, 1.807) is 31.4 Å². The van der Waals surface area contributed by atoms with E-state index in [1.165, 1.54) is 0 Å². The minimum absolute atomic E-state index is 0.0567. The van der Waals surface area contributed by atoms with Crippen LogP contribution in [-0.4, -0.2) is 24.7 Å². The zero-order valence-corrected chi connectivity index (χ0v) is 19.8. The summed E-state index contributed by atoms with van der Waals surface area (Å²) in [5.41, 5.74) is 2.53. The van der Waals surface area contributed by atoms with E-state index in [9.17, 15) is 14.4 Å². The SMILES string of the molecule is COc1ccc(C2CC(=O)C3=C(C2)NC(=O)CC3C(=O)Nc2ccc(Oc3ccccc3)cc2)cc1. The predicted octanol–water partition coefficient (Wildman–Crippen LogP) is 4.96. The fourth-order valence-electron chi connectivity index (χ4n) is 4.76. The Bertz CT molecular complexity index is 1310. The zero-order chi connectivity index (χ0) is 25.1. The summed E-state index contributed by atoms with van der Waals surface area (Å²) >= 11 is 0. The van der Waals surface area contributed by atoms with Gasteiger partial charge in [-0.3, -0.25) is 14.4 Å². The summed E-state index contributed by atoms with van der Waals surface area (Å²) in [6.45, 7) is 0. The second-order valence-electron chi connectivity index (χ2n) is 8.93. The van der Waals surface area contributed by atoms with Gasteiger partial charge in [0.2, 0.25) is 11.8 Å². The molecule has 1 aliphatic heterocycles. The summed E-state index contributed by atoms with van der Waals surface area (Å²) in [4.78, 5) is 38.9. The van der Waals surface area contributed by atoms with Crippen molar-refractivity contribution in [1.82, 2.24) is 5.32 Å². The topological polar surface area (TPSA) is 93.7 Å². The van der Waals surface area contributed by atoms with Gasteiger partial charge in [0.25, 0.3) is 0 Å². The largest absolute Gasteiger partial charge is 0.497 e. The summed E-state index contributed by atoms with van der Waals surface area (Å²) < 4.78 is 11.0. The van der Waals surface area contributed by atoms with Gasteiger partial charge in [0.05, 0.1) is 13.0 Å². The van der Waals surface area contributed by atoms with E-state index in [0.717, 1.165) is 11.3 Å². The number of Topliss-reactive ketones (excluding diaryl/α,β-unsaturated/α-hetero) is 1. The second-order valence-corrected chi connectivity index (χ2v) is 8.93. The van der Waals surface area contributed by atoms with E-state index in [-0.39, 0.29) is 36.4 Å². The molecular weight excluding hydrogens is 456 g/mol. The Balaban J connectivity index is 1.30. The number of carbonyl (C=O) groups is 3. The molecule has 3 aromatic carbocycles. The van der Waals surface area contributed by atoms with E-state index in [0.29, 0.717) is 34.9 Å². The average molecular weight is 483 g/mol. The van der Waals surface area contributed by atoms with E-state index >= 15 is 0 Å². The van der Waals surface area contributed by atoms with Crippen molar-refractivity contribution in [3.8, 4) is 17.2 Å². The van der Waals surface area contributed by atoms with Gasteiger partial charge in [0.1, 0.15) is 17.2 Å². The molecule has 2 atom stereocenters. The number of ketones is 1. The first-order valence-corrected chi connectivity index (χ1v) is 11.8. The lowest BCUT2D eigenvalue weighted by Gasteiger charge is -2.33. The quantitative estimate of drug-likeness (QED) is 0.518. The third kappa shape index (κ3) is 5.00. The molecule has 5 rings (SSSR count). The molecule has 2 N–H and O–H groups in total. The maximum absolute atomic E-state index is 13.2. The Hall–Kier alpha value is -4.39. The Labute approximate surface area is 209 Å². The van der Waals surface area contributed by atoms with Gasteiger partial charge in [-0.25, -0.2) is 0 Å². The molecule has 7 heteroatoms. The number of carbonyl (C=O) groups excluding carboxylic acids is 3. The normalized spacial score (nSPS) is 19.2. The summed E-state index contributed by atoms with van der Waals surface area (Å²) in [6.07, 6.45) is 0.726. The van der Waals surface area contributed by atoms with Gasteiger partial charge in [-0.05, 0) is 66.4 Å². The smallest absolute Gasteiger partial charge is 0.232 e. The van der Waals surface area contributed by atoms with Gasteiger partial charge in [0.15, 0.2) is 5.78 Å². The van der Waals surface area contributed by atoms with Crippen molar-refractivity contribution < 1.29 is 23.9 Å². The highest BCUT2D eigenvalue weighted by Gasteiger charge is 2.40. The van der Waals surface area contributed by atoms with Gasteiger partial charge in [-0.15, -0.1) is 0 Å². The number of para-hydroxylation sites is 1. The Kier molecular flexibility index (Phi) is 6.54. The molecule has 0 fully saturated rings. The molecule has 7 nitrogen and oxygen atoms in total. The first-order chi connectivity index (χ1) is 17.5. The number of amides is 2. The van der Waals surface area contributed by atoms with Crippen LogP contribution in [-0.2, 0) is 14.4 Å². The number of allylic oxidation sites excluding steroid dienone is 1. The van der Waals surface area contributed by atoms with E-state index < -0.39 is 5.92 Å². The molecule has 0 radical (unpaired) electrons. The minimum atomic E-state index is -0.821. The van der Waals surface area contributed by atoms with Crippen molar-refractivity contribution in [3.05, 3.63) is 95.7 Å². The maximum Gasteiger partial charge on any atom is 0.232 e. The summed E-state index contributed by atoms with van der Waals surface area (Å²) in [5.74, 6) is 0.458. The van der Waals surface area contributed by atoms with Gasteiger partial charge < -0.3 is 20.1 Å². The van der Waals surface area contributed by atoms with Crippen molar-refractivity contribution in [2.75, 3.05) is 12.4 Å². The molecule has 1 heterocycles. The van der Waals surface area contributed by atoms with Gasteiger partial charge in [0, 0.05) is 29.8 Å². The third-order valence-electron chi connectivity index (χ3n) is 6.54. The highest BCUT2D eigenvalue weighted by Crippen LogP contribution is 2.39. The maximum atomic E-state index is 13.2. The highest BCUT2D eigenvalue weighted by atomic mass is 16.5. The van der Waals surface area contributed by atoms with Crippen LogP contribution in [0.1, 0.15) is 30.7 Å². The van der Waals surface area contributed by atoms with E-state index in [2.05, 4.69) is 10.6 Å². The molecule has 2 aliphatic rings. The number of hydrogen-bond donors (Lipinski definition) is 2. The fraction of sp³-hybridized carbons (Fsp3) is 0.207. The van der Waals surface area contributed by atoms with Crippen LogP contribution in [0.4, 0.5) is 5.69 Å². The lowest BCUT2D eigenvalue weighted by Crippen LogP contribution is -2.43. The van der Waals surface area contributed by atoms with Crippen LogP contribution < -0.4 is 20.1 Å². The van der Waals surface area contributed by atoms with Crippen molar-refractivity contribution in [2.45, 2.75) is 25.2 Å². The molecule has 36 heavy (non-hydrogen) atoms. The first kappa shape index (κ1) is 23.4. The summed E-state index contributed by atoms with van der Waals surface area (Å²) in [7, 11) is 1.60. The van der Waals surface area contributed by atoms with Crippen LogP contribution in [0.5, 0.6) is 17.2 Å². The predicted molar refractivity (Wildman–Crippen MR) is 135 cm³/mol. The van der Waals surface area contributed by atoms with Crippen LogP contribution in [0.3, 0.4) is 0 Å². The van der Waals surface area contributed by atoms with E-state index in [4.69, 9.17) is 9.47 Å². The van der Waals surface area contributed by atoms with Crippen molar-refractivity contribution in [1.29, 1.82) is 0 Å². The lowest BCUT2D eigenvalue weighted by molar-refractivity contribution is -0.129. The highest BCUT2D eigenvalue weighted by molar-refractivity contribution is 6.09. The second kappa shape index (κ2) is 10.1. The number of ether oxygens (including phenoxy) is 2. The van der Waals surface area contributed by atoms with Crippen LogP contribution in [0.2, 0.25) is 0 Å². The van der Waals surface area contributed by atoms with Crippen molar-refractivity contribution >= 4 is 23.3 Å². The van der Waals surface area contributed by atoms with Gasteiger partial charge in [-0.1, -0.05) is 30.3 Å². The summed E-state index contributed by atoms with van der Waals surface area (Å²) in [6, 6.07) is 24.0. The molecule has 0 bridgehead atoms. The Morgan fingerprint density at radius 2 is 1.50 bits per heavy atom. The molecule has 0 spiro atoms. The first-order valence-electron chi connectivity index (χ1n) is 11.8. The molecule has 2 amide bonds. The Morgan fingerprint density at radius 3 is 2.19 bits per heavy atom. The molecular formula is C29H26N2O5. The molecule has 3 aromatic rings. The van der Waals surface area contributed by atoms with Crippen molar-refractivity contribution in [3.63, 3.8) is 0 Å². The van der Waals surface area contributed by atoms with Gasteiger partial charge >= 0.3 is 0 Å². The monoisotopic (exact) mass is 482 g/mol. The van der Waals surface area contributed by atoms with E-state index in [1.807, 2.05) is 54.6 Å². The molecule has 182 valence electrons. The van der Waals surface area contributed by atoms with Gasteiger partial charge in [-0.2, -0.15) is 0 Å². The average Bonchev–Trinajstić information content (AvgIpc) is 2.89. The number of hydrogen-bond acceptors (Lipinski definition) is 5. The molecule has 1 aliphatic carbocycles. The third-order valence-corrected chi connectivity index (χ3v) is 6.54. The van der Waals surface area contributed by atoms with Crippen LogP contribution >= 0.6 is 0 Å². The van der Waals surface area contributed by atoms with Crippen LogP contribution in [0.15, 0.2) is 90.1 Å². The molecule has 2 unspecified atom stereocenters. The fourth-order valence-corrected chi connectivity index (χ4v) is 4.76. The number of nitrogens with one attached hydrogen (secondary N) is 2.